The molecule has 1 heterocycles. The van der Waals surface area contributed by atoms with Crippen LogP contribution in [0.4, 0.5) is 0 Å². The maximum Gasteiger partial charge on any atom is 0.290 e. The van der Waals surface area contributed by atoms with Crippen molar-refractivity contribution in [2.24, 2.45) is 22.4 Å². The maximum absolute atomic E-state index is 13.0. The normalized spacial score (nSPS) is 21.4. The summed E-state index contributed by atoms with van der Waals surface area (Å²) in [6.45, 7) is 4.66. The first-order valence-corrected chi connectivity index (χ1v) is 10.8. The molecule has 1 amide bonds. The van der Waals surface area contributed by atoms with Crippen molar-refractivity contribution in [3.63, 3.8) is 0 Å². The van der Waals surface area contributed by atoms with Gasteiger partial charge in [-0.15, -0.1) is 0 Å². The number of nitrogens with zero attached hydrogens (tertiary/aromatic N) is 3. The van der Waals surface area contributed by atoms with Gasteiger partial charge in [-0.2, -0.15) is 10.2 Å². The predicted octanol–water partition coefficient (Wildman–Crippen LogP) is 5.25. The van der Waals surface area contributed by atoms with E-state index in [0.29, 0.717) is 17.0 Å². The summed E-state index contributed by atoms with van der Waals surface area (Å²) in [5, 5.41) is 8.99. The first-order chi connectivity index (χ1) is 15.0. The number of hydrogen-bond acceptors (Lipinski definition) is 3. The van der Waals surface area contributed by atoms with E-state index in [1.165, 1.54) is 12.0 Å². The number of hydrogen-bond donors (Lipinski definition) is 1. The van der Waals surface area contributed by atoms with Gasteiger partial charge in [0, 0.05) is 5.56 Å². The van der Waals surface area contributed by atoms with Gasteiger partial charge in [-0.25, -0.2) is 10.1 Å². The summed E-state index contributed by atoms with van der Waals surface area (Å²) in [5.41, 5.74) is 7.26. The average Bonchev–Trinajstić information content (AvgIpc) is 3.26. The lowest BCUT2D eigenvalue weighted by atomic mass is 9.49. The molecular weight excluding hydrogens is 384 g/mol. The first kappa shape index (κ1) is 19.5. The molecule has 3 aromatic rings. The van der Waals surface area contributed by atoms with Crippen molar-refractivity contribution in [3.8, 4) is 16.9 Å². The highest BCUT2D eigenvalue weighted by Gasteiger charge is 2.50. The molecule has 3 aliphatic carbocycles. The van der Waals surface area contributed by atoms with E-state index in [2.05, 4.69) is 30.5 Å². The summed E-state index contributed by atoms with van der Waals surface area (Å²) < 4.78 is 1.67. The number of nitrogens with one attached hydrogen (secondary N) is 1. The van der Waals surface area contributed by atoms with Gasteiger partial charge in [-0.1, -0.05) is 68.5 Å². The third-order valence-electron chi connectivity index (χ3n) is 6.90. The summed E-state index contributed by atoms with van der Waals surface area (Å²) >= 11 is 0. The van der Waals surface area contributed by atoms with Gasteiger partial charge >= 0.3 is 0 Å². The Kier molecular flexibility index (Phi) is 4.81. The van der Waals surface area contributed by atoms with Gasteiger partial charge in [-0.05, 0) is 53.9 Å². The van der Waals surface area contributed by atoms with E-state index >= 15 is 0 Å². The molecule has 5 heteroatoms. The summed E-state index contributed by atoms with van der Waals surface area (Å²) in [7, 11) is 0. The van der Waals surface area contributed by atoms with E-state index in [1.54, 1.807) is 4.68 Å². The number of hydrazone groups is 1. The number of amides is 1. The van der Waals surface area contributed by atoms with Crippen LogP contribution in [0.2, 0.25) is 0 Å². The molecule has 2 unspecified atom stereocenters. The van der Waals surface area contributed by atoms with Gasteiger partial charge in [0.25, 0.3) is 5.91 Å². The summed E-state index contributed by atoms with van der Waals surface area (Å²) in [4.78, 5) is 13.0. The Morgan fingerprint density at radius 2 is 1.84 bits per heavy atom. The molecule has 0 radical (unpaired) electrons. The topological polar surface area (TPSA) is 59.3 Å². The summed E-state index contributed by atoms with van der Waals surface area (Å²) in [6.07, 6.45) is 6.41. The lowest BCUT2D eigenvalue weighted by Gasteiger charge is -2.55. The first-order valence-electron chi connectivity index (χ1n) is 10.8. The second-order valence-corrected chi connectivity index (χ2v) is 8.97. The molecule has 0 saturated heterocycles. The van der Waals surface area contributed by atoms with Crippen molar-refractivity contribution in [1.82, 2.24) is 15.2 Å². The minimum absolute atomic E-state index is 0.281. The molecule has 2 aromatic carbocycles. The molecule has 5 nitrogen and oxygen atoms in total. The van der Waals surface area contributed by atoms with Gasteiger partial charge in [-0.3, -0.25) is 4.79 Å². The van der Waals surface area contributed by atoms with Crippen LogP contribution in [0, 0.1) is 17.3 Å². The standard InChI is InChI=1S/C26H26N4O/c1-26(2)20-14-13-19(22(26)15-20)17-27-28-25(31)24-16-23(18-9-5-3-6-10-18)29-30(24)21-11-7-4-8-12-21/h3-13,16-17,20,22H,14-15H2,1-2H3,(H,28,31)/b27-17+. The van der Waals surface area contributed by atoms with Gasteiger partial charge in [0.1, 0.15) is 5.69 Å². The second-order valence-electron chi connectivity index (χ2n) is 8.97. The van der Waals surface area contributed by atoms with Crippen LogP contribution >= 0.6 is 0 Å². The van der Waals surface area contributed by atoms with E-state index in [-0.39, 0.29) is 5.91 Å². The highest BCUT2D eigenvalue weighted by Crippen LogP contribution is 2.58. The quantitative estimate of drug-likeness (QED) is 0.461. The monoisotopic (exact) mass is 410 g/mol. The molecule has 1 fully saturated rings. The fourth-order valence-corrected chi connectivity index (χ4v) is 4.83. The molecule has 2 atom stereocenters. The minimum Gasteiger partial charge on any atom is -0.266 e. The Morgan fingerprint density at radius 1 is 1.13 bits per heavy atom. The largest absolute Gasteiger partial charge is 0.290 e. The van der Waals surface area contributed by atoms with Crippen LogP contribution in [0.15, 0.2) is 83.5 Å². The van der Waals surface area contributed by atoms with Crippen molar-refractivity contribution < 1.29 is 4.79 Å². The van der Waals surface area contributed by atoms with E-state index in [9.17, 15) is 4.79 Å². The third-order valence-corrected chi connectivity index (χ3v) is 6.90. The maximum atomic E-state index is 13.0. The number of aromatic nitrogens is 2. The molecule has 0 spiro atoms. The number of allylic oxidation sites excluding steroid dienone is 2. The Bertz CT molecular complexity index is 1160. The van der Waals surface area contributed by atoms with E-state index in [4.69, 9.17) is 5.10 Å². The number of carbonyl (C=O) groups excluding carboxylic acids is 1. The number of para-hydroxylation sites is 1. The smallest absolute Gasteiger partial charge is 0.266 e. The molecule has 1 aromatic heterocycles. The lowest BCUT2D eigenvalue weighted by Crippen LogP contribution is -2.48. The number of benzene rings is 2. The second kappa shape index (κ2) is 7.65. The van der Waals surface area contributed by atoms with Crippen molar-refractivity contribution in [1.29, 1.82) is 0 Å². The SMILES string of the molecule is CC1(C)C2CC=C(/C=N/NC(=O)c3cc(-c4ccccc4)nn3-c3ccccc3)C1C2. The fraction of sp³-hybridized carbons (Fsp3) is 0.269. The van der Waals surface area contributed by atoms with Crippen LogP contribution < -0.4 is 5.43 Å². The molecule has 1 saturated carbocycles. The van der Waals surface area contributed by atoms with E-state index in [0.717, 1.165) is 29.3 Å². The van der Waals surface area contributed by atoms with Crippen molar-refractivity contribution in [3.05, 3.63) is 84.1 Å². The molecule has 0 aliphatic heterocycles. The van der Waals surface area contributed by atoms with Crippen molar-refractivity contribution in [2.75, 3.05) is 0 Å². The van der Waals surface area contributed by atoms with E-state index in [1.807, 2.05) is 72.9 Å². The van der Waals surface area contributed by atoms with Crippen LogP contribution in [0.25, 0.3) is 16.9 Å². The molecule has 6 rings (SSSR count). The molecule has 31 heavy (non-hydrogen) atoms. The Hall–Kier alpha value is -3.47. The highest BCUT2D eigenvalue weighted by molar-refractivity contribution is 5.95. The summed E-state index contributed by atoms with van der Waals surface area (Å²) in [6, 6.07) is 21.4. The average molecular weight is 411 g/mol. The summed E-state index contributed by atoms with van der Waals surface area (Å²) in [5.74, 6) is 1.03. The Balaban J connectivity index is 1.40. The van der Waals surface area contributed by atoms with Crippen LogP contribution in [-0.4, -0.2) is 21.9 Å². The van der Waals surface area contributed by atoms with Gasteiger partial charge in [0.05, 0.1) is 17.6 Å². The Morgan fingerprint density at radius 3 is 2.52 bits per heavy atom. The zero-order chi connectivity index (χ0) is 21.4. The van der Waals surface area contributed by atoms with Gasteiger partial charge < -0.3 is 0 Å². The van der Waals surface area contributed by atoms with Crippen LogP contribution in [0.1, 0.15) is 37.2 Å². The van der Waals surface area contributed by atoms with Crippen molar-refractivity contribution in [2.45, 2.75) is 26.7 Å². The molecule has 156 valence electrons. The molecule has 2 bridgehead atoms. The van der Waals surface area contributed by atoms with Gasteiger partial charge in [0.15, 0.2) is 0 Å². The minimum atomic E-state index is -0.281. The van der Waals surface area contributed by atoms with Crippen LogP contribution in [0.3, 0.4) is 0 Å². The third kappa shape index (κ3) is 3.50. The van der Waals surface area contributed by atoms with Gasteiger partial charge in [0.2, 0.25) is 0 Å². The molecular formula is C26H26N4O. The molecule has 1 N–H and O–H groups in total. The molecule has 3 aliphatic rings. The number of fused-ring (bicyclic) bond motifs is 1. The number of rotatable bonds is 5. The van der Waals surface area contributed by atoms with Crippen molar-refractivity contribution >= 4 is 12.1 Å². The highest BCUT2D eigenvalue weighted by atomic mass is 16.2. The fourth-order valence-electron chi connectivity index (χ4n) is 4.83. The van der Waals surface area contributed by atoms with Crippen LogP contribution in [0.5, 0.6) is 0 Å². The van der Waals surface area contributed by atoms with E-state index < -0.39 is 0 Å². The number of carbonyl (C=O) groups is 1. The Labute approximate surface area is 182 Å². The van der Waals surface area contributed by atoms with Crippen LogP contribution in [-0.2, 0) is 0 Å². The predicted molar refractivity (Wildman–Crippen MR) is 123 cm³/mol. The lowest BCUT2D eigenvalue weighted by molar-refractivity contribution is -0.00126. The zero-order valence-electron chi connectivity index (χ0n) is 17.8. The zero-order valence-corrected chi connectivity index (χ0v) is 17.8.